The highest BCUT2D eigenvalue weighted by atomic mass is 35.5. The zero-order valence-corrected chi connectivity index (χ0v) is 20.3. The minimum Gasteiger partial charge on any atom is -0.459 e. The number of nitrogens with one attached hydrogen (secondary N) is 1. The number of ether oxygens (including phenoxy) is 3. The van der Waals surface area contributed by atoms with E-state index in [1.807, 2.05) is 0 Å². The zero-order chi connectivity index (χ0) is 26.2. The van der Waals surface area contributed by atoms with Crippen LogP contribution in [0.4, 0.5) is 5.95 Å². The summed E-state index contributed by atoms with van der Waals surface area (Å²) in [7, 11) is 0. The minimum absolute atomic E-state index is 0.0297. The summed E-state index contributed by atoms with van der Waals surface area (Å²) < 4.78 is 18.9. The number of nitrogens with two attached hydrogens (primary N) is 1. The number of carbonyl (C=O) groups is 2. The van der Waals surface area contributed by atoms with Crippen LogP contribution in [0.15, 0.2) is 71.8 Å². The van der Waals surface area contributed by atoms with Gasteiger partial charge in [0.05, 0.1) is 17.5 Å². The van der Waals surface area contributed by atoms with E-state index in [1.165, 1.54) is 10.9 Å². The number of nitrogens with zero attached hydrogens (tertiary/aromatic N) is 3. The number of nitrogen functional groups attached to an aromatic ring is 1. The van der Waals surface area contributed by atoms with E-state index in [1.54, 1.807) is 67.6 Å². The van der Waals surface area contributed by atoms with Gasteiger partial charge in [0, 0.05) is 0 Å². The smallest absolute Gasteiger partial charge is 0.338 e. The van der Waals surface area contributed by atoms with Crippen LogP contribution >= 0.6 is 11.6 Å². The van der Waals surface area contributed by atoms with E-state index in [0.29, 0.717) is 11.1 Å². The lowest BCUT2D eigenvalue weighted by molar-refractivity contribution is -0.0565. The van der Waals surface area contributed by atoms with Crippen LogP contribution < -0.4 is 11.3 Å². The maximum absolute atomic E-state index is 13.0. The third-order valence-electron chi connectivity index (χ3n) is 6.02. The number of esters is 2. The number of imidazole rings is 1. The molecule has 0 radical (unpaired) electrons. The van der Waals surface area contributed by atoms with Gasteiger partial charge in [-0.1, -0.05) is 36.4 Å². The third kappa shape index (κ3) is 4.66. The fraction of sp³-hybridized carbons (Fsp3) is 0.240. The number of carbonyl (C=O) groups excluding carboxylic acids is 2. The Morgan fingerprint density at radius 2 is 1.73 bits per heavy atom. The molecule has 3 heterocycles. The lowest BCUT2D eigenvalue weighted by Gasteiger charge is -2.29. The predicted molar refractivity (Wildman–Crippen MR) is 133 cm³/mol. The quantitative estimate of drug-likeness (QED) is 0.287. The van der Waals surface area contributed by atoms with Gasteiger partial charge in [-0.25, -0.2) is 14.6 Å². The molecule has 0 spiro atoms. The molecule has 4 atom stereocenters. The normalized spacial score (nSPS) is 23.1. The average Bonchev–Trinajstić information content (AvgIpc) is 3.41. The molecule has 3 N–H and O–H groups in total. The summed E-state index contributed by atoms with van der Waals surface area (Å²) in [5, 5.41) is 0. The lowest BCUT2D eigenvalue weighted by Crippen LogP contribution is -2.43. The van der Waals surface area contributed by atoms with Gasteiger partial charge in [-0.05, 0) is 31.2 Å². The van der Waals surface area contributed by atoms with Crippen molar-refractivity contribution in [3.63, 3.8) is 0 Å². The predicted octanol–water partition coefficient (Wildman–Crippen LogP) is 2.68. The first kappa shape index (κ1) is 24.5. The van der Waals surface area contributed by atoms with Crippen molar-refractivity contribution in [3.8, 4) is 0 Å². The van der Waals surface area contributed by atoms with Crippen LogP contribution in [0, 0.1) is 0 Å². The summed E-state index contributed by atoms with van der Waals surface area (Å²) in [6.07, 6.45) is -1.69. The fourth-order valence-corrected chi connectivity index (χ4v) is 4.56. The number of rotatable bonds is 6. The Morgan fingerprint density at radius 3 is 2.38 bits per heavy atom. The van der Waals surface area contributed by atoms with Gasteiger partial charge in [0.2, 0.25) is 5.95 Å². The van der Waals surface area contributed by atoms with Crippen molar-refractivity contribution < 1.29 is 23.8 Å². The van der Waals surface area contributed by atoms with E-state index in [-0.39, 0.29) is 23.7 Å². The fourth-order valence-electron chi connectivity index (χ4n) is 4.22. The van der Waals surface area contributed by atoms with Crippen LogP contribution in [-0.2, 0) is 14.2 Å². The molecule has 11 nitrogen and oxygen atoms in total. The van der Waals surface area contributed by atoms with E-state index in [0.717, 1.165) is 0 Å². The van der Waals surface area contributed by atoms with Crippen molar-refractivity contribution in [2.45, 2.75) is 30.2 Å². The molecule has 2 aromatic carbocycles. The Balaban J connectivity index is 1.47. The summed E-state index contributed by atoms with van der Waals surface area (Å²) in [6.45, 7) is 1.35. The van der Waals surface area contributed by atoms with Crippen molar-refractivity contribution in [2.75, 3.05) is 12.3 Å². The Bertz CT molecular complexity index is 1500. The first-order valence-electron chi connectivity index (χ1n) is 11.3. The van der Waals surface area contributed by atoms with Crippen molar-refractivity contribution in [1.29, 1.82) is 0 Å². The number of H-pyrrole nitrogens is 1. The molecule has 12 heteroatoms. The van der Waals surface area contributed by atoms with Gasteiger partial charge in [0.1, 0.15) is 17.6 Å². The zero-order valence-electron chi connectivity index (χ0n) is 19.5. The van der Waals surface area contributed by atoms with Gasteiger partial charge in [-0.2, -0.15) is 4.98 Å². The van der Waals surface area contributed by atoms with Crippen LogP contribution in [-0.4, -0.2) is 55.1 Å². The SMILES string of the molecule is C[C@@]1(Cl)C(OC(=O)c2ccccc2)[C@@H](COC(=O)c2ccccc2)O[C@H]1n1cnc2c(=O)[nH]c(N)nc21. The molecule has 0 amide bonds. The molecule has 0 bridgehead atoms. The maximum Gasteiger partial charge on any atom is 0.338 e. The molecule has 1 saturated heterocycles. The second-order valence-electron chi connectivity index (χ2n) is 8.61. The molecule has 2 aromatic heterocycles. The average molecular weight is 524 g/mol. The summed E-state index contributed by atoms with van der Waals surface area (Å²) >= 11 is 6.99. The van der Waals surface area contributed by atoms with Crippen LogP contribution in [0.25, 0.3) is 11.2 Å². The van der Waals surface area contributed by atoms with Gasteiger partial charge >= 0.3 is 11.9 Å². The number of anilines is 1. The summed E-state index contributed by atoms with van der Waals surface area (Å²) in [6, 6.07) is 16.8. The molecule has 0 saturated carbocycles. The van der Waals surface area contributed by atoms with E-state index in [9.17, 15) is 14.4 Å². The van der Waals surface area contributed by atoms with Gasteiger partial charge in [-0.3, -0.25) is 14.3 Å². The largest absolute Gasteiger partial charge is 0.459 e. The molecule has 190 valence electrons. The molecule has 37 heavy (non-hydrogen) atoms. The summed E-state index contributed by atoms with van der Waals surface area (Å²) in [4.78, 5) is 47.1. The van der Waals surface area contributed by atoms with Gasteiger partial charge in [-0.15, -0.1) is 11.6 Å². The van der Waals surface area contributed by atoms with E-state index >= 15 is 0 Å². The number of halogens is 1. The van der Waals surface area contributed by atoms with Crippen LogP contribution in [0.1, 0.15) is 33.9 Å². The van der Waals surface area contributed by atoms with E-state index < -0.39 is 40.8 Å². The number of hydrogen-bond acceptors (Lipinski definition) is 9. The molecule has 1 aliphatic rings. The molecule has 1 fully saturated rings. The second kappa shape index (κ2) is 9.68. The highest BCUT2D eigenvalue weighted by molar-refractivity contribution is 6.24. The Morgan fingerprint density at radius 1 is 1.11 bits per heavy atom. The highest BCUT2D eigenvalue weighted by Crippen LogP contribution is 2.46. The van der Waals surface area contributed by atoms with Crippen molar-refractivity contribution in [3.05, 3.63) is 88.5 Å². The van der Waals surface area contributed by atoms with E-state index in [2.05, 4.69) is 15.0 Å². The van der Waals surface area contributed by atoms with Crippen LogP contribution in [0.5, 0.6) is 0 Å². The van der Waals surface area contributed by atoms with E-state index in [4.69, 9.17) is 31.5 Å². The lowest BCUT2D eigenvalue weighted by atomic mass is 10.0. The van der Waals surface area contributed by atoms with Crippen LogP contribution in [0.2, 0.25) is 0 Å². The molecule has 4 aromatic rings. The number of aromatic amines is 1. The first-order chi connectivity index (χ1) is 17.8. The van der Waals surface area contributed by atoms with Crippen molar-refractivity contribution in [2.24, 2.45) is 0 Å². The number of fused-ring (bicyclic) bond motifs is 1. The Kier molecular flexibility index (Phi) is 6.40. The third-order valence-corrected chi connectivity index (χ3v) is 6.42. The standard InChI is InChI=1S/C25H22ClN5O6/c1-25(26)18(37-22(34)15-10-6-3-7-11-15)16(12-35-21(33)14-8-4-2-5-9-14)36-23(25)31-13-28-17-19(31)29-24(27)30-20(17)32/h2-11,13,16,18,23H,12H2,1H3,(H3,27,29,30,32)/t16-,18?,23-,25-/m1/s1. The molecule has 1 aliphatic heterocycles. The van der Waals surface area contributed by atoms with Crippen molar-refractivity contribution >= 4 is 40.7 Å². The Hall–Kier alpha value is -4.22. The first-order valence-corrected chi connectivity index (χ1v) is 11.7. The van der Waals surface area contributed by atoms with Crippen LogP contribution in [0.3, 0.4) is 0 Å². The highest BCUT2D eigenvalue weighted by Gasteiger charge is 2.57. The molecule has 5 rings (SSSR count). The number of benzene rings is 2. The maximum atomic E-state index is 13.0. The number of alkyl halides is 1. The Labute approximate surface area is 215 Å². The molecule has 1 unspecified atom stereocenters. The van der Waals surface area contributed by atoms with Crippen molar-refractivity contribution in [1.82, 2.24) is 19.5 Å². The number of hydrogen-bond donors (Lipinski definition) is 2. The number of aromatic nitrogens is 4. The monoisotopic (exact) mass is 523 g/mol. The second-order valence-corrected chi connectivity index (χ2v) is 9.42. The van der Waals surface area contributed by atoms with Gasteiger partial charge in [0.15, 0.2) is 23.5 Å². The van der Waals surface area contributed by atoms with Gasteiger partial charge in [0.25, 0.3) is 5.56 Å². The minimum atomic E-state index is -1.39. The molecular formula is C25H22ClN5O6. The molecule has 0 aliphatic carbocycles. The summed E-state index contributed by atoms with van der Waals surface area (Å²) in [5.74, 6) is -1.32. The topological polar surface area (TPSA) is 151 Å². The molecular weight excluding hydrogens is 502 g/mol. The van der Waals surface area contributed by atoms with Gasteiger partial charge < -0.3 is 19.9 Å². The summed E-state index contributed by atoms with van der Waals surface area (Å²) in [5.41, 5.74) is 6.03.